The molecule has 3 N–H and O–H groups in total. The summed E-state index contributed by atoms with van der Waals surface area (Å²) in [5.74, 6) is -1.50. The predicted octanol–water partition coefficient (Wildman–Crippen LogP) is 2.21. The minimum atomic E-state index is -3.49. The summed E-state index contributed by atoms with van der Waals surface area (Å²) >= 11 is 0. The van der Waals surface area contributed by atoms with E-state index >= 15 is 0 Å². The first-order valence-electron chi connectivity index (χ1n) is 8.45. The fourth-order valence-corrected chi connectivity index (χ4v) is 4.16. The number of nitrogens with one attached hydrogen (secondary N) is 2. The monoisotopic (exact) mass is 368 g/mol. The van der Waals surface area contributed by atoms with Crippen molar-refractivity contribution in [3.8, 4) is 0 Å². The van der Waals surface area contributed by atoms with Crippen molar-refractivity contribution in [2.75, 3.05) is 10.5 Å². The molecule has 2 rings (SSSR count). The minimum absolute atomic E-state index is 0.0118. The largest absolute Gasteiger partial charge is 0.481 e. The molecule has 1 saturated carbocycles. The van der Waals surface area contributed by atoms with Crippen LogP contribution >= 0.6 is 0 Å². The Morgan fingerprint density at radius 3 is 2.40 bits per heavy atom. The molecule has 1 aromatic rings. The van der Waals surface area contributed by atoms with E-state index in [2.05, 4.69) is 10.0 Å². The van der Waals surface area contributed by atoms with E-state index in [1.165, 1.54) is 0 Å². The Bertz CT molecular complexity index is 724. The van der Waals surface area contributed by atoms with Crippen LogP contribution in [0.1, 0.15) is 49.4 Å². The lowest BCUT2D eigenvalue weighted by Gasteiger charge is -2.27. The van der Waals surface area contributed by atoms with Crippen molar-refractivity contribution < 1.29 is 23.1 Å². The summed E-state index contributed by atoms with van der Waals surface area (Å²) in [4.78, 5) is 23.5. The molecule has 0 saturated heterocycles. The maximum absolute atomic E-state index is 12.5. The molecular formula is C17H24N2O5S. The van der Waals surface area contributed by atoms with Crippen molar-refractivity contribution in [3.05, 3.63) is 29.8 Å². The lowest BCUT2D eigenvalue weighted by molar-refractivity contribution is -0.142. The number of carbonyl (C=O) groups excluding carboxylic acids is 1. The summed E-state index contributed by atoms with van der Waals surface area (Å²) in [6.45, 7) is 1.77. The third kappa shape index (κ3) is 5.45. The second kappa shape index (κ2) is 8.33. The van der Waals surface area contributed by atoms with Crippen LogP contribution in [0.3, 0.4) is 0 Å². The Kier molecular flexibility index (Phi) is 6.41. The van der Waals surface area contributed by atoms with E-state index in [1.807, 2.05) is 0 Å². The summed E-state index contributed by atoms with van der Waals surface area (Å²) in [6, 6.07) is 6.38. The number of carboxylic acids is 1. The normalized spacial score (nSPS) is 20.7. The summed E-state index contributed by atoms with van der Waals surface area (Å²) in [5, 5.41) is 11.9. The predicted molar refractivity (Wildman–Crippen MR) is 95.0 cm³/mol. The third-order valence-electron chi connectivity index (χ3n) is 4.32. The minimum Gasteiger partial charge on any atom is -0.481 e. The van der Waals surface area contributed by atoms with Crippen molar-refractivity contribution in [3.63, 3.8) is 0 Å². The number of rotatable bonds is 7. The molecule has 0 heterocycles. The maximum Gasteiger partial charge on any atom is 0.306 e. The molecule has 25 heavy (non-hydrogen) atoms. The van der Waals surface area contributed by atoms with Gasteiger partial charge in [0.1, 0.15) is 0 Å². The summed E-state index contributed by atoms with van der Waals surface area (Å²) in [7, 11) is -3.49. The van der Waals surface area contributed by atoms with Gasteiger partial charge in [0, 0.05) is 6.04 Å². The SMILES string of the molecule is CCCS(=O)(=O)Nc1ccccc1C(=O)NC1CCC(C(=O)O)CC1. The Morgan fingerprint density at radius 1 is 1.16 bits per heavy atom. The summed E-state index contributed by atoms with van der Waals surface area (Å²) in [6.07, 6.45) is 2.76. The molecule has 1 fully saturated rings. The van der Waals surface area contributed by atoms with Crippen molar-refractivity contribution in [2.45, 2.75) is 45.1 Å². The highest BCUT2D eigenvalue weighted by molar-refractivity contribution is 7.92. The molecule has 0 aliphatic heterocycles. The molecule has 0 radical (unpaired) electrons. The van der Waals surface area contributed by atoms with Gasteiger partial charge in [0.25, 0.3) is 5.91 Å². The number of sulfonamides is 1. The smallest absolute Gasteiger partial charge is 0.306 e. The maximum atomic E-state index is 12.5. The Hall–Kier alpha value is -2.09. The number of anilines is 1. The van der Waals surface area contributed by atoms with Crippen LogP contribution in [0.4, 0.5) is 5.69 Å². The molecule has 1 aliphatic rings. The number of carbonyl (C=O) groups is 2. The average molecular weight is 368 g/mol. The first kappa shape index (κ1) is 19.2. The molecule has 7 nitrogen and oxygen atoms in total. The standard InChI is InChI=1S/C17H24N2O5S/c1-2-11-25(23,24)19-15-6-4-3-5-14(15)16(20)18-13-9-7-12(8-10-13)17(21)22/h3-6,12-13,19H,2,7-11H2,1H3,(H,18,20)(H,21,22). The number of hydrogen-bond donors (Lipinski definition) is 3. The first-order chi connectivity index (χ1) is 11.8. The third-order valence-corrected chi connectivity index (χ3v) is 5.80. The molecule has 0 atom stereocenters. The fourth-order valence-electron chi connectivity index (χ4n) is 3.01. The van der Waals surface area contributed by atoms with E-state index in [-0.39, 0.29) is 34.9 Å². The highest BCUT2D eigenvalue weighted by Crippen LogP contribution is 2.25. The van der Waals surface area contributed by atoms with Gasteiger partial charge in [-0.1, -0.05) is 19.1 Å². The second-order valence-corrected chi connectivity index (χ2v) is 8.17. The fraction of sp³-hybridized carbons (Fsp3) is 0.529. The zero-order valence-electron chi connectivity index (χ0n) is 14.2. The van der Waals surface area contributed by atoms with Gasteiger partial charge in [0.2, 0.25) is 10.0 Å². The van der Waals surface area contributed by atoms with E-state index in [0.29, 0.717) is 32.1 Å². The number of carboxylic acid groups (broad SMARTS) is 1. The summed E-state index contributed by atoms with van der Waals surface area (Å²) in [5.41, 5.74) is 0.523. The number of amides is 1. The number of aliphatic carboxylic acids is 1. The molecule has 0 unspecified atom stereocenters. The Morgan fingerprint density at radius 2 is 1.80 bits per heavy atom. The van der Waals surface area contributed by atoms with Gasteiger partial charge in [0.15, 0.2) is 0 Å². The molecule has 0 spiro atoms. The van der Waals surface area contributed by atoms with Crippen molar-refractivity contribution in [1.29, 1.82) is 0 Å². The zero-order valence-corrected chi connectivity index (χ0v) is 15.0. The van der Waals surface area contributed by atoms with Crippen molar-refractivity contribution >= 4 is 27.6 Å². The zero-order chi connectivity index (χ0) is 18.4. The van der Waals surface area contributed by atoms with E-state index in [1.54, 1.807) is 31.2 Å². The number of hydrogen-bond acceptors (Lipinski definition) is 4. The molecule has 8 heteroatoms. The molecule has 0 aromatic heterocycles. The van der Waals surface area contributed by atoms with Crippen LogP contribution in [0.2, 0.25) is 0 Å². The van der Waals surface area contributed by atoms with E-state index < -0.39 is 16.0 Å². The summed E-state index contributed by atoms with van der Waals surface area (Å²) < 4.78 is 26.4. The van der Waals surface area contributed by atoms with Crippen LogP contribution in [0.5, 0.6) is 0 Å². The van der Waals surface area contributed by atoms with Crippen LogP contribution in [0, 0.1) is 5.92 Å². The molecular weight excluding hydrogens is 344 g/mol. The van der Waals surface area contributed by atoms with Gasteiger partial charge in [-0.25, -0.2) is 8.42 Å². The van der Waals surface area contributed by atoms with Gasteiger partial charge in [0.05, 0.1) is 22.9 Å². The molecule has 1 aliphatic carbocycles. The van der Waals surface area contributed by atoms with Gasteiger partial charge < -0.3 is 10.4 Å². The second-order valence-electron chi connectivity index (χ2n) is 6.33. The highest BCUT2D eigenvalue weighted by Gasteiger charge is 2.27. The molecule has 1 amide bonds. The van der Waals surface area contributed by atoms with Gasteiger partial charge in [-0.2, -0.15) is 0 Å². The first-order valence-corrected chi connectivity index (χ1v) is 10.1. The van der Waals surface area contributed by atoms with Crippen LogP contribution < -0.4 is 10.0 Å². The van der Waals surface area contributed by atoms with Crippen LogP contribution in [0.25, 0.3) is 0 Å². The Balaban J connectivity index is 2.04. The molecule has 1 aromatic carbocycles. The van der Waals surface area contributed by atoms with Crippen LogP contribution in [-0.4, -0.2) is 37.2 Å². The average Bonchev–Trinajstić information content (AvgIpc) is 2.55. The Labute approximate surface area is 147 Å². The lowest BCUT2D eigenvalue weighted by atomic mass is 9.86. The van der Waals surface area contributed by atoms with Gasteiger partial charge >= 0.3 is 5.97 Å². The quantitative estimate of drug-likeness (QED) is 0.683. The number of benzene rings is 1. The van der Waals surface area contributed by atoms with Gasteiger partial charge in [-0.05, 0) is 44.2 Å². The molecule has 138 valence electrons. The van der Waals surface area contributed by atoms with E-state index in [0.717, 1.165) is 0 Å². The van der Waals surface area contributed by atoms with Gasteiger partial charge in [-0.15, -0.1) is 0 Å². The lowest BCUT2D eigenvalue weighted by Crippen LogP contribution is -2.39. The van der Waals surface area contributed by atoms with E-state index in [4.69, 9.17) is 5.11 Å². The van der Waals surface area contributed by atoms with Crippen LogP contribution in [-0.2, 0) is 14.8 Å². The topological polar surface area (TPSA) is 113 Å². The van der Waals surface area contributed by atoms with Gasteiger partial charge in [-0.3, -0.25) is 14.3 Å². The number of para-hydroxylation sites is 1. The van der Waals surface area contributed by atoms with Crippen LogP contribution in [0.15, 0.2) is 24.3 Å². The highest BCUT2D eigenvalue weighted by atomic mass is 32.2. The van der Waals surface area contributed by atoms with Crippen molar-refractivity contribution in [2.24, 2.45) is 5.92 Å². The molecule has 0 bridgehead atoms. The van der Waals surface area contributed by atoms with E-state index in [9.17, 15) is 18.0 Å². The van der Waals surface area contributed by atoms with Crippen molar-refractivity contribution in [1.82, 2.24) is 5.32 Å².